The maximum Gasteiger partial charge on any atom is 0.410 e. The molecule has 0 bridgehead atoms. The van der Waals surface area contributed by atoms with Crippen molar-refractivity contribution in [1.29, 1.82) is 0 Å². The second-order valence-corrected chi connectivity index (χ2v) is 10.6. The fourth-order valence-electron chi connectivity index (χ4n) is 4.21. The van der Waals surface area contributed by atoms with E-state index in [2.05, 4.69) is 9.97 Å². The summed E-state index contributed by atoms with van der Waals surface area (Å²) in [5, 5.41) is 0. The highest BCUT2D eigenvalue weighted by Gasteiger charge is 2.29. The highest BCUT2D eigenvalue weighted by atomic mass is 19.1. The van der Waals surface area contributed by atoms with E-state index in [1.807, 2.05) is 25.7 Å². The van der Waals surface area contributed by atoms with Crippen molar-refractivity contribution in [2.24, 2.45) is 0 Å². The van der Waals surface area contributed by atoms with Gasteiger partial charge >= 0.3 is 6.09 Å². The van der Waals surface area contributed by atoms with E-state index >= 15 is 4.39 Å². The van der Waals surface area contributed by atoms with Crippen LogP contribution in [0.2, 0.25) is 0 Å². The van der Waals surface area contributed by atoms with Gasteiger partial charge in [-0.25, -0.2) is 27.9 Å². The first-order valence-electron chi connectivity index (χ1n) is 12.3. The maximum atomic E-state index is 15.0. The summed E-state index contributed by atoms with van der Waals surface area (Å²) in [5.41, 5.74) is -1.85. The van der Waals surface area contributed by atoms with Crippen LogP contribution in [0.1, 0.15) is 40.2 Å². The van der Waals surface area contributed by atoms with Gasteiger partial charge in [-0.05, 0) is 76.1 Å². The molecule has 10 heteroatoms. The number of alkyl halides is 1. The number of halogens is 3. The molecule has 0 spiro atoms. The summed E-state index contributed by atoms with van der Waals surface area (Å²) in [7, 11) is 0. The smallest absolute Gasteiger partial charge is 0.410 e. The molecule has 3 aromatic rings. The highest BCUT2D eigenvalue weighted by molar-refractivity contribution is 5.75. The van der Waals surface area contributed by atoms with Gasteiger partial charge in [0.15, 0.2) is 11.6 Å². The zero-order valence-corrected chi connectivity index (χ0v) is 22.1. The Hall–Kier alpha value is -3.82. The van der Waals surface area contributed by atoms with Crippen LogP contribution in [-0.2, 0) is 10.4 Å². The third-order valence-corrected chi connectivity index (χ3v) is 5.96. The zero-order valence-electron chi connectivity index (χ0n) is 22.1. The first kappa shape index (κ1) is 27.2. The van der Waals surface area contributed by atoms with Gasteiger partial charge in [0.25, 0.3) is 0 Å². The quantitative estimate of drug-likeness (QED) is 0.378. The van der Waals surface area contributed by atoms with E-state index in [1.165, 1.54) is 56.7 Å². The molecule has 2 aromatic carbocycles. The third-order valence-electron chi connectivity index (χ3n) is 5.96. The van der Waals surface area contributed by atoms with Crippen molar-refractivity contribution >= 4 is 11.9 Å². The van der Waals surface area contributed by atoms with Gasteiger partial charge in [-0.2, -0.15) is 0 Å². The molecular formula is C28H31F3N4O3. The van der Waals surface area contributed by atoms with Crippen molar-refractivity contribution in [1.82, 2.24) is 14.9 Å². The van der Waals surface area contributed by atoms with Crippen molar-refractivity contribution in [2.45, 2.75) is 45.9 Å². The molecule has 202 valence electrons. The van der Waals surface area contributed by atoms with Crippen molar-refractivity contribution in [3.8, 4) is 22.6 Å². The van der Waals surface area contributed by atoms with E-state index in [1.54, 1.807) is 4.90 Å². The Labute approximate surface area is 220 Å². The highest BCUT2D eigenvalue weighted by Crippen LogP contribution is 2.41. The number of piperazine rings is 1. The van der Waals surface area contributed by atoms with Gasteiger partial charge in [-0.1, -0.05) is 6.07 Å². The third kappa shape index (κ3) is 6.35. The average molecular weight is 529 g/mol. The predicted molar refractivity (Wildman–Crippen MR) is 138 cm³/mol. The van der Waals surface area contributed by atoms with Gasteiger partial charge in [-0.15, -0.1) is 0 Å². The lowest BCUT2D eigenvalue weighted by atomic mass is 9.90. The van der Waals surface area contributed by atoms with Crippen molar-refractivity contribution < 1.29 is 27.4 Å². The number of anilines is 1. The fourth-order valence-corrected chi connectivity index (χ4v) is 4.21. The molecule has 1 aliphatic heterocycles. The molecule has 4 rings (SSSR count). The number of benzene rings is 2. The topological polar surface area (TPSA) is 67.8 Å². The number of hydrogen-bond acceptors (Lipinski definition) is 6. The Morgan fingerprint density at radius 1 is 0.895 bits per heavy atom. The molecule has 0 radical (unpaired) electrons. The van der Waals surface area contributed by atoms with E-state index < -0.39 is 22.9 Å². The van der Waals surface area contributed by atoms with Crippen LogP contribution in [0.25, 0.3) is 11.1 Å². The molecule has 38 heavy (non-hydrogen) atoms. The molecule has 1 aromatic heterocycles. The predicted octanol–water partition coefficient (Wildman–Crippen LogP) is 6.48. The normalized spacial score (nSPS) is 14.4. The van der Waals surface area contributed by atoms with Crippen molar-refractivity contribution in [3.05, 3.63) is 66.1 Å². The fraction of sp³-hybridized carbons (Fsp3) is 0.393. The SMILES string of the molecule is CC(C)(C)OC(=O)N1CCN(c2ncncc2Oc2ccc(F)cc2-c2ccc(F)cc2C(C)(C)F)CC1. The Balaban J connectivity index is 1.62. The standard InChI is InChI=1S/C28H31F3N4O3/c1-27(2,3)38-26(36)35-12-10-34(11-13-35)25-24(16-32-17-33-25)37-23-9-7-18(29)14-21(23)20-8-6-19(30)15-22(20)28(4,5)31/h6-9,14-17H,10-13H2,1-5H3. The molecule has 0 aliphatic carbocycles. The van der Waals surface area contributed by atoms with Crippen LogP contribution >= 0.6 is 0 Å². The van der Waals surface area contributed by atoms with Crippen molar-refractivity contribution in [2.75, 3.05) is 31.1 Å². The second kappa shape index (κ2) is 10.5. The minimum Gasteiger partial charge on any atom is -0.451 e. The van der Waals surface area contributed by atoms with Gasteiger partial charge in [0.05, 0.1) is 6.20 Å². The minimum atomic E-state index is -1.89. The largest absolute Gasteiger partial charge is 0.451 e. The van der Waals surface area contributed by atoms with Crippen LogP contribution in [0.5, 0.6) is 11.5 Å². The summed E-state index contributed by atoms with van der Waals surface area (Å²) in [4.78, 5) is 24.5. The monoisotopic (exact) mass is 528 g/mol. The lowest BCUT2D eigenvalue weighted by Gasteiger charge is -2.36. The van der Waals surface area contributed by atoms with Gasteiger partial charge in [-0.3, -0.25) is 0 Å². The van der Waals surface area contributed by atoms with Crippen molar-refractivity contribution in [3.63, 3.8) is 0 Å². The number of rotatable bonds is 5. The number of ether oxygens (including phenoxy) is 2. The van der Waals surface area contributed by atoms with Gasteiger partial charge in [0, 0.05) is 31.7 Å². The van der Waals surface area contributed by atoms with E-state index in [-0.39, 0.29) is 23.0 Å². The summed E-state index contributed by atoms with van der Waals surface area (Å²) in [5.74, 6) is -0.134. The molecule has 1 amide bonds. The molecule has 1 fully saturated rings. The number of carbonyl (C=O) groups excluding carboxylic acids is 1. The van der Waals surface area contributed by atoms with Crippen LogP contribution in [0, 0.1) is 11.6 Å². The number of amides is 1. The Bertz CT molecular complexity index is 1310. The lowest BCUT2D eigenvalue weighted by Crippen LogP contribution is -2.50. The molecule has 2 heterocycles. The van der Waals surface area contributed by atoms with E-state index in [4.69, 9.17) is 9.47 Å². The molecule has 0 N–H and O–H groups in total. The average Bonchev–Trinajstić information content (AvgIpc) is 2.84. The number of carbonyl (C=O) groups is 1. The van der Waals surface area contributed by atoms with Crippen LogP contribution in [0.15, 0.2) is 48.9 Å². The van der Waals surface area contributed by atoms with Gasteiger partial charge < -0.3 is 19.3 Å². The lowest BCUT2D eigenvalue weighted by molar-refractivity contribution is 0.0240. The molecule has 1 saturated heterocycles. The molecule has 0 atom stereocenters. The summed E-state index contributed by atoms with van der Waals surface area (Å²) in [6.45, 7) is 9.87. The maximum absolute atomic E-state index is 15.0. The Kier molecular flexibility index (Phi) is 7.53. The van der Waals surface area contributed by atoms with Crippen LogP contribution < -0.4 is 9.64 Å². The van der Waals surface area contributed by atoms with Crippen LogP contribution in [0.3, 0.4) is 0 Å². The van der Waals surface area contributed by atoms with Gasteiger partial charge in [0.1, 0.15) is 35.0 Å². The number of hydrogen-bond donors (Lipinski definition) is 0. The van der Waals surface area contributed by atoms with E-state index in [0.717, 1.165) is 6.07 Å². The zero-order chi connectivity index (χ0) is 27.7. The summed E-state index contributed by atoms with van der Waals surface area (Å²) >= 11 is 0. The minimum absolute atomic E-state index is 0.0655. The molecule has 0 saturated carbocycles. The van der Waals surface area contributed by atoms with E-state index in [9.17, 15) is 13.6 Å². The van der Waals surface area contributed by atoms with Crippen LogP contribution in [-0.4, -0.2) is 52.7 Å². The van der Waals surface area contributed by atoms with Crippen LogP contribution in [0.4, 0.5) is 23.8 Å². The molecule has 1 aliphatic rings. The second-order valence-electron chi connectivity index (χ2n) is 10.6. The first-order chi connectivity index (χ1) is 17.8. The first-order valence-corrected chi connectivity index (χ1v) is 12.3. The number of nitrogens with zero attached hydrogens (tertiary/aromatic N) is 4. The molecule has 7 nitrogen and oxygen atoms in total. The Morgan fingerprint density at radius 3 is 2.21 bits per heavy atom. The Morgan fingerprint density at radius 2 is 1.55 bits per heavy atom. The van der Waals surface area contributed by atoms with E-state index in [0.29, 0.717) is 43.3 Å². The summed E-state index contributed by atoms with van der Waals surface area (Å²) in [6, 6.07) is 7.59. The number of aromatic nitrogens is 2. The summed E-state index contributed by atoms with van der Waals surface area (Å²) < 4.78 is 55.0. The molecule has 0 unspecified atom stereocenters. The summed E-state index contributed by atoms with van der Waals surface area (Å²) in [6.07, 6.45) is 2.50. The molecular weight excluding hydrogens is 497 g/mol. The van der Waals surface area contributed by atoms with Gasteiger partial charge in [0.2, 0.25) is 0 Å².